The largest absolute Gasteiger partial charge is 0.490 e. The molecule has 42 heavy (non-hydrogen) atoms. The van der Waals surface area contributed by atoms with E-state index in [1.807, 2.05) is 5.48 Å². The summed E-state index contributed by atoms with van der Waals surface area (Å²) in [4.78, 5) is 70.7. The molecule has 1 aliphatic rings. The summed E-state index contributed by atoms with van der Waals surface area (Å²) in [6, 6.07) is 0. The molecule has 0 spiro atoms. The first kappa shape index (κ1) is 33.7. The molecule has 0 radical (unpaired) electrons. The minimum Gasteiger partial charge on any atom is -0.479 e. The number of aliphatic hydroxyl groups excluding tert-OH is 1. The lowest BCUT2D eigenvalue weighted by Crippen LogP contribution is -2.26. The molecule has 1 saturated heterocycles. The highest BCUT2D eigenvalue weighted by Crippen LogP contribution is 2.66. The number of nitrogens with one attached hydrogen (secondary N) is 1. The van der Waals surface area contributed by atoms with E-state index in [0.29, 0.717) is 10.9 Å². The van der Waals surface area contributed by atoms with Gasteiger partial charge in [-0.2, -0.15) is 8.62 Å². The van der Waals surface area contributed by atoms with Crippen LogP contribution in [-0.2, 0) is 46.0 Å². The number of fused-ring (bicyclic) bond motifs is 1. The molecule has 1 amide bonds. The number of hydrogen-bond donors (Lipinski definition) is 8. The first-order valence-corrected chi connectivity index (χ1v) is 15.8. The van der Waals surface area contributed by atoms with Gasteiger partial charge in [0.05, 0.1) is 23.7 Å². The molecule has 232 valence electrons. The Hall–Kier alpha value is -2.79. The predicted molar refractivity (Wildman–Crippen MR) is 134 cm³/mol. The number of aliphatic hydroxyl groups is 1. The number of ether oxygens (including phenoxy) is 1. The Kier molecular flexibility index (Phi) is 11.0. The van der Waals surface area contributed by atoms with E-state index in [-0.39, 0.29) is 30.7 Å². The summed E-state index contributed by atoms with van der Waals surface area (Å²) < 4.78 is 53.2. The van der Waals surface area contributed by atoms with E-state index < -0.39 is 67.0 Å². The molecule has 3 rings (SSSR count). The average molecular weight is 659 g/mol. The lowest BCUT2D eigenvalue weighted by atomic mass is 10.2. The Morgan fingerprint density at radius 3 is 2.55 bits per heavy atom. The number of carboxylic acid groups (broad SMARTS) is 1. The van der Waals surface area contributed by atoms with Crippen LogP contribution in [0.3, 0.4) is 0 Å². The van der Waals surface area contributed by atoms with Gasteiger partial charge in [-0.15, -0.1) is 0 Å². The van der Waals surface area contributed by atoms with Crippen molar-refractivity contribution >= 4 is 52.2 Å². The Labute approximate surface area is 234 Å². The smallest absolute Gasteiger partial charge is 0.479 e. The Morgan fingerprint density at radius 2 is 1.88 bits per heavy atom. The normalized spacial score (nSPS) is 21.7. The van der Waals surface area contributed by atoms with Crippen molar-refractivity contribution in [2.24, 2.45) is 0 Å². The molecule has 5 unspecified atom stereocenters. The van der Waals surface area contributed by atoms with E-state index in [1.165, 1.54) is 10.8 Å². The third-order valence-corrected chi connectivity index (χ3v) is 8.86. The molecular weight excluding hydrogens is 635 g/mol. The van der Waals surface area contributed by atoms with Crippen LogP contribution >= 0.6 is 23.5 Å². The van der Waals surface area contributed by atoms with Crippen molar-refractivity contribution in [1.29, 1.82) is 0 Å². The summed E-state index contributed by atoms with van der Waals surface area (Å²) in [5, 5.41) is 19.2. The molecule has 0 aromatic carbocycles. The number of rotatable bonds is 13. The van der Waals surface area contributed by atoms with Crippen LogP contribution in [-0.4, -0.2) is 81.6 Å². The van der Waals surface area contributed by atoms with E-state index in [9.17, 15) is 38.2 Å². The fourth-order valence-electron chi connectivity index (χ4n) is 3.49. The van der Waals surface area contributed by atoms with Crippen molar-refractivity contribution in [2.75, 3.05) is 18.9 Å². The minimum absolute atomic E-state index is 0.0455. The number of aromatic nitrogens is 3. The van der Waals surface area contributed by atoms with Crippen LogP contribution in [0.15, 0.2) is 12.5 Å². The number of carbonyl (C=O) groups is 2. The number of nitrogens with zero attached hydrogens (tertiary/aromatic N) is 3. The van der Waals surface area contributed by atoms with Crippen molar-refractivity contribution in [2.45, 2.75) is 37.7 Å². The first-order chi connectivity index (χ1) is 19.5. The fourth-order valence-corrected chi connectivity index (χ4v) is 6.52. The van der Waals surface area contributed by atoms with Crippen molar-refractivity contribution in [3.63, 3.8) is 0 Å². The molecule has 24 heteroatoms. The highest BCUT2D eigenvalue weighted by atomic mass is 31.3. The van der Waals surface area contributed by atoms with E-state index in [4.69, 9.17) is 25.4 Å². The van der Waals surface area contributed by atoms with Crippen LogP contribution in [0.2, 0.25) is 0 Å². The van der Waals surface area contributed by atoms with Crippen molar-refractivity contribution in [3.8, 4) is 11.8 Å². The standard InChI is InChI=1S/C18H24N5O16P3/c19-17-16-10(3-1-2-4-13(25)22-35-8-15(26)27)6-23(18(16)21-9-20-17)14-5-11(24)12(37-14)7-36-41(31,32)39-42(33,34)38-40(28,29)30/h6,9,11-12,14,24H,2,4-5,7-8H2,(H,22,25)(H,26,27)(H,31,32)(H,33,34)(H2,19,20,21)(H2,28,29,30). The summed E-state index contributed by atoms with van der Waals surface area (Å²) in [7, 11) is -16.7. The molecule has 9 N–H and O–H groups in total. The number of carboxylic acids is 1. The minimum atomic E-state index is -5.73. The predicted octanol–water partition coefficient (Wildman–Crippen LogP) is -0.731. The quantitative estimate of drug-likeness (QED) is 0.0746. The monoisotopic (exact) mass is 659 g/mol. The average Bonchev–Trinajstić information content (AvgIpc) is 3.39. The van der Waals surface area contributed by atoms with Gasteiger partial charge in [-0.3, -0.25) is 14.2 Å². The molecule has 1 fully saturated rings. The van der Waals surface area contributed by atoms with Crippen LogP contribution in [0.1, 0.15) is 31.1 Å². The number of aliphatic carboxylic acids is 1. The van der Waals surface area contributed by atoms with E-state index in [1.54, 1.807) is 0 Å². The van der Waals surface area contributed by atoms with E-state index in [0.717, 1.165) is 6.33 Å². The van der Waals surface area contributed by atoms with Crippen LogP contribution in [0.4, 0.5) is 5.82 Å². The fraction of sp³-hybridized carbons (Fsp3) is 0.444. The number of nitrogen functional groups attached to an aromatic ring is 1. The topological polar surface area (TPSA) is 322 Å². The molecular formula is C18H24N5O16P3. The zero-order chi connectivity index (χ0) is 31.3. The van der Waals surface area contributed by atoms with Gasteiger partial charge in [0, 0.05) is 25.5 Å². The maximum Gasteiger partial charge on any atom is 0.490 e. The summed E-state index contributed by atoms with van der Waals surface area (Å²) in [6.07, 6.45) is -1.12. The molecule has 0 aliphatic carbocycles. The molecule has 0 bridgehead atoms. The van der Waals surface area contributed by atoms with Gasteiger partial charge in [0.15, 0.2) is 6.61 Å². The zero-order valence-corrected chi connectivity index (χ0v) is 23.6. The number of phosphoric acid groups is 3. The number of nitrogens with two attached hydrogens (primary N) is 1. The second-order valence-electron chi connectivity index (χ2n) is 8.24. The highest BCUT2D eigenvalue weighted by Gasteiger charge is 2.43. The van der Waals surface area contributed by atoms with Gasteiger partial charge in [-0.05, 0) is 0 Å². The van der Waals surface area contributed by atoms with Gasteiger partial charge in [0.1, 0.15) is 30.1 Å². The number of amides is 1. The van der Waals surface area contributed by atoms with Crippen molar-refractivity contribution < 1.29 is 75.8 Å². The van der Waals surface area contributed by atoms with Crippen LogP contribution in [0, 0.1) is 11.8 Å². The lowest BCUT2D eigenvalue weighted by Gasteiger charge is -2.19. The maximum absolute atomic E-state index is 12.0. The summed E-state index contributed by atoms with van der Waals surface area (Å²) in [6.45, 7) is -1.59. The Bertz CT molecular complexity index is 1530. The van der Waals surface area contributed by atoms with Crippen LogP contribution in [0.5, 0.6) is 0 Å². The third-order valence-electron chi connectivity index (χ3n) is 5.05. The van der Waals surface area contributed by atoms with Gasteiger partial charge in [0.2, 0.25) is 5.91 Å². The molecule has 5 atom stereocenters. The Balaban J connectivity index is 1.68. The second-order valence-corrected chi connectivity index (χ2v) is 12.7. The summed E-state index contributed by atoms with van der Waals surface area (Å²) in [5.41, 5.74) is 8.50. The summed E-state index contributed by atoms with van der Waals surface area (Å²) in [5.74, 6) is 3.74. The van der Waals surface area contributed by atoms with E-state index in [2.05, 4.69) is 39.8 Å². The second kappa shape index (κ2) is 13.7. The van der Waals surface area contributed by atoms with Crippen LogP contribution in [0.25, 0.3) is 11.0 Å². The van der Waals surface area contributed by atoms with E-state index >= 15 is 0 Å². The maximum atomic E-state index is 12.0. The number of phosphoric ester groups is 1. The SMILES string of the molecule is Nc1ncnc2c1c(C#CCCC(=O)NOCC(=O)O)cn2C1CC(O)C(COP(=O)(O)OP(=O)(O)OP(=O)(O)O)O1. The highest BCUT2D eigenvalue weighted by molar-refractivity contribution is 7.66. The van der Waals surface area contributed by atoms with Gasteiger partial charge in [0.25, 0.3) is 0 Å². The third kappa shape index (κ3) is 9.90. The number of anilines is 1. The number of hydrogen-bond acceptors (Lipinski definition) is 14. The van der Waals surface area contributed by atoms with Crippen molar-refractivity contribution in [1.82, 2.24) is 20.0 Å². The summed E-state index contributed by atoms with van der Waals surface area (Å²) >= 11 is 0. The van der Waals surface area contributed by atoms with Gasteiger partial charge in [-0.1, -0.05) is 11.8 Å². The molecule has 2 aromatic rings. The number of carbonyl (C=O) groups excluding carboxylic acids is 1. The Morgan fingerprint density at radius 1 is 1.17 bits per heavy atom. The molecule has 2 aromatic heterocycles. The molecule has 21 nitrogen and oxygen atoms in total. The van der Waals surface area contributed by atoms with Gasteiger partial charge >= 0.3 is 29.4 Å². The lowest BCUT2D eigenvalue weighted by molar-refractivity contribution is -0.149. The van der Waals surface area contributed by atoms with Gasteiger partial charge < -0.3 is 44.8 Å². The molecule has 0 saturated carbocycles. The van der Waals surface area contributed by atoms with Crippen LogP contribution < -0.4 is 11.2 Å². The van der Waals surface area contributed by atoms with Crippen molar-refractivity contribution in [3.05, 3.63) is 18.1 Å². The molecule has 1 aliphatic heterocycles. The molecule has 3 heterocycles. The number of hydroxylamine groups is 1. The first-order valence-electron chi connectivity index (χ1n) is 11.3. The van der Waals surface area contributed by atoms with Gasteiger partial charge in [-0.25, -0.2) is 33.9 Å². The zero-order valence-electron chi connectivity index (χ0n) is 20.9.